The fraction of sp³-hybridized carbons (Fsp3) is 0.417. The highest BCUT2D eigenvalue weighted by Gasteiger charge is 2.43. The number of benzene rings is 2. The van der Waals surface area contributed by atoms with E-state index >= 15 is 0 Å². The van der Waals surface area contributed by atoms with Gasteiger partial charge in [-0.25, -0.2) is 0 Å². The molecular weight excluding hydrogens is 384 g/mol. The van der Waals surface area contributed by atoms with Crippen molar-refractivity contribution in [3.63, 3.8) is 0 Å². The maximum atomic E-state index is 13.4. The number of carbonyl (C=O) groups excluding carboxylic acids is 2. The summed E-state index contributed by atoms with van der Waals surface area (Å²) in [5.41, 5.74) is 0.414. The van der Waals surface area contributed by atoms with Crippen molar-refractivity contribution in [2.45, 2.75) is 38.5 Å². The van der Waals surface area contributed by atoms with Crippen LogP contribution in [0, 0.1) is 0 Å². The molecule has 0 aliphatic rings. The van der Waals surface area contributed by atoms with Gasteiger partial charge in [0.1, 0.15) is 5.41 Å². The molecule has 0 aliphatic heterocycles. The molecule has 1 atom stereocenters. The van der Waals surface area contributed by atoms with E-state index in [1.54, 1.807) is 40.2 Å². The molecule has 0 saturated carbocycles. The van der Waals surface area contributed by atoms with E-state index in [1.807, 2.05) is 36.4 Å². The van der Waals surface area contributed by atoms with Crippen molar-refractivity contribution in [3.8, 4) is 11.5 Å². The molecule has 30 heavy (non-hydrogen) atoms. The number of rotatable bonds is 11. The monoisotopic (exact) mass is 414 g/mol. The van der Waals surface area contributed by atoms with Gasteiger partial charge in [0, 0.05) is 6.42 Å². The Bertz CT molecular complexity index is 833. The van der Waals surface area contributed by atoms with Gasteiger partial charge in [0.25, 0.3) is 0 Å². The second-order valence-electron chi connectivity index (χ2n) is 6.72. The summed E-state index contributed by atoms with van der Waals surface area (Å²) in [4.78, 5) is 25.3. The molecule has 0 radical (unpaired) electrons. The second-order valence-corrected chi connectivity index (χ2v) is 6.72. The molecule has 0 N–H and O–H groups in total. The lowest BCUT2D eigenvalue weighted by molar-refractivity contribution is -0.149. The first kappa shape index (κ1) is 23.3. The number of hydrogen-bond donors (Lipinski definition) is 0. The minimum Gasteiger partial charge on any atom is -0.493 e. The van der Waals surface area contributed by atoms with Crippen LogP contribution in [0.3, 0.4) is 0 Å². The molecule has 0 aromatic heterocycles. The molecule has 6 heteroatoms. The minimum absolute atomic E-state index is 0.217. The number of carbonyl (C=O) groups is 2. The van der Waals surface area contributed by atoms with E-state index in [0.29, 0.717) is 36.5 Å². The second kappa shape index (κ2) is 11.2. The zero-order valence-electron chi connectivity index (χ0n) is 18.1. The molecule has 162 valence electrons. The topological polar surface area (TPSA) is 71.1 Å². The first-order valence-corrected chi connectivity index (χ1v) is 10.1. The predicted octanol–water partition coefficient (Wildman–Crippen LogP) is 4.29. The van der Waals surface area contributed by atoms with Gasteiger partial charge in [0.2, 0.25) is 0 Å². The van der Waals surface area contributed by atoms with E-state index in [-0.39, 0.29) is 25.0 Å². The highest BCUT2D eigenvalue weighted by Crippen LogP contribution is 2.42. The fourth-order valence-electron chi connectivity index (χ4n) is 3.60. The molecule has 0 heterocycles. The maximum absolute atomic E-state index is 13.4. The van der Waals surface area contributed by atoms with Gasteiger partial charge in [0.15, 0.2) is 11.5 Å². The molecule has 2 aromatic carbocycles. The quantitative estimate of drug-likeness (QED) is 0.511. The van der Waals surface area contributed by atoms with Gasteiger partial charge in [-0.3, -0.25) is 9.59 Å². The Balaban J connectivity index is 2.58. The summed E-state index contributed by atoms with van der Waals surface area (Å²) in [5, 5.41) is 0. The highest BCUT2D eigenvalue weighted by molar-refractivity contribution is 5.88. The van der Waals surface area contributed by atoms with Crippen LogP contribution in [0.1, 0.15) is 44.2 Å². The Hall–Kier alpha value is -3.02. The summed E-state index contributed by atoms with van der Waals surface area (Å²) in [5.74, 6) is 0.437. The Labute approximate surface area is 178 Å². The number of esters is 2. The van der Waals surface area contributed by atoms with Crippen LogP contribution in [0.25, 0.3) is 0 Å². The van der Waals surface area contributed by atoms with Crippen LogP contribution in [0.15, 0.2) is 48.5 Å². The van der Waals surface area contributed by atoms with Crippen molar-refractivity contribution < 1.29 is 28.5 Å². The fourth-order valence-corrected chi connectivity index (χ4v) is 3.60. The van der Waals surface area contributed by atoms with Crippen LogP contribution in [-0.4, -0.2) is 39.4 Å². The third-order valence-corrected chi connectivity index (χ3v) is 5.00. The van der Waals surface area contributed by atoms with Gasteiger partial charge in [-0.15, -0.1) is 0 Å². The van der Waals surface area contributed by atoms with Gasteiger partial charge in [-0.2, -0.15) is 0 Å². The molecule has 2 aromatic rings. The van der Waals surface area contributed by atoms with Crippen molar-refractivity contribution in [1.29, 1.82) is 0 Å². The van der Waals surface area contributed by atoms with E-state index in [4.69, 9.17) is 18.9 Å². The zero-order valence-corrected chi connectivity index (χ0v) is 18.1. The average molecular weight is 414 g/mol. The zero-order chi connectivity index (χ0) is 22.0. The lowest BCUT2D eigenvalue weighted by atomic mass is 9.71. The lowest BCUT2D eigenvalue weighted by Gasteiger charge is -2.33. The largest absolute Gasteiger partial charge is 0.493 e. The number of hydrogen-bond acceptors (Lipinski definition) is 6. The summed E-state index contributed by atoms with van der Waals surface area (Å²) in [6, 6.07) is 14.9. The molecular formula is C24H30O6. The Morgan fingerprint density at radius 1 is 0.833 bits per heavy atom. The summed E-state index contributed by atoms with van der Waals surface area (Å²) in [6.07, 6.45) is 1.06. The van der Waals surface area contributed by atoms with Crippen LogP contribution in [0.5, 0.6) is 11.5 Å². The van der Waals surface area contributed by atoms with E-state index in [2.05, 4.69) is 0 Å². The van der Waals surface area contributed by atoms with Crippen LogP contribution in [0.4, 0.5) is 0 Å². The minimum atomic E-state index is -1.09. The van der Waals surface area contributed by atoms with E-state index < -0.39 is 5.41 Å². The van der Waals surface area contributed by atoms with Crippen molar-refractivity contribution in [3.05, 3.63) is 59.7 Å². The number of ether oxygens (including phenoxy) is 4. The van der Waals surface area contributed by atoms with E-state index in [9.17, 15) is 9.59 Å². The molecule has 0 spiro atoms. The van der Waals surface area contributed by atoms with Crippen molar-refractivity contribution in [1.82, 2.24) is 0 Å². The van der Waals surface area contributed by atoms with Crippen molar-refractivity contribution in [2.75, 3.05) is 27.4 Å². The first-order chi connectivity index (χ1) is 14.5. The van der Waals surface area contributed by atoms with Crippen LogP contribution < -0.4 is 9.47 Å². The van der Waals surface area contributed by atoms with Crippen molar-refractivity contribution >= 4 is 11.9 Å². The summed E-state index contributed by atoms with van der Waals surface area (Å²) < 4.78 is 21.4. The predicted molar refractivity (Wildman–Crippen MR) is 114 cm³/mol. The number of methoxy groups -OCH3 is 2. The van der Waals surface area contributed by atoms with Gasteiger partial charge >= 0.3 is 11.9 Å². The summed E-state index contributed by atoms with van der Waals surface area (Å²) in [7, 11) is 3.11. The maximum Gasteiger partial charge on any atom is 0.321 e. The van der Waals surface area contributed by atoms with E-state index in [1.165, 1.54) is 0 Å². The third-order valence-electron chi connectivity index (χ3n) is 5.00. The Morgan fingerprint density at radius 3 is 2.10 bits per heavy atom. The van der Waals surface area contributed by atoms with Crippen LogP contribution in [0.2, 0.25) is 0 Å². The molecule has 0 amide bonds. The van der Waals surface area contributed by atoms with Crippen LogP contribution >= 0.6 is 0 Å². The Morgan fingerprint density at radius 2 is 1.50 bits per heavy atom. The van der Waals surface area contributed by atoms with Gasteiger partial charge in [-0.1, -0.05) is 36.4 Å². The smallest absolute Gasteiger partial charge is 0.321 e. The van der Waals surface area contributed by atoms with Gasteiger partial charge in [0.05, 0.1) is 27.4 Å². The molecule has 0 fully saturated rings. The molecule has 6 nitrogen and oxygen atoms in total. The SMILES string of the molecule is CCOC(=O)CCC[C@@](C(=O)OCC)(c1ccccc1)c1ccc(OC)c(OC)c1. The van der Waals surface area contributed by atoms with E-state index in [0.717, 1.165) is 5.56 Å². The Kier molecular flexibility index (Phi) is 8.71. The lowest BCUT2D eigenvalue weighted by Crippen LogP contribution is -2.39. The molecule has 0 aliphatic carbocycles. The van der Waals surface area contributed by atoms with Gasteiger partial charge < -0.3 is 18.9 Å². The molecule has 2 rings (SSSR count). The molecule has 0 unspecified atom stereocenters. The summed E-state index contributed by atoms with van der Waals surface area (Å²) in [6.45, 7) is 4.13. The molecule has 0 bridgehead atoms. The summed E-state index contributed by atoms with van der Waals surface area (Å²) >= 11 is 0. The highest BCUT2D eigenvalue weighted by atomic mass is 16.5. The van der Waals surface area contributed by atoms with Crippen LogP contribution in [-0.2, 0) is 24.5 Å². The third kappa shape index (κ3) is 5.12. The standard InChI is InChI=1S/C24H30O6/c1-5-29-22(25)13-10-16-24(23(26)30-6-2,18-11-8-7-9-12-18)19-14-15-20(27-3)21(17-19)28-4/h7-9,11-12,14-15,17H,5-6,10,13,16H2,1-4H3/t24-/m1/s1. The average Bonchev–Trinajstić information content (AvgIpc) is 2.77. The van der Waals surface area contributed by atoms with Crippen molar-refractivity contribution in [2.24, 2.45) is 0 Å². The van der Waals surface area contributed by atoms with Gasteiger partial charge in [-0.05, 0) is 49.9 Å². The first-order valence-electron chi connectivity index (χ1n) is 10.1. The molecule has 0 saturated heterocycles. The normalized spacial score (nSPS) is 12.5.